The SMILES string of the molecule is CO[C@@H]1C[C@@H]2C[C@H](C1)N2c1nc(-c2c(C)cccc2C)nc2c1CN(c1cc(C3(C)COC3)ccc1C)CC2. The number of piperidine rings is 1. The van der Waals surface area contributed by atoms with E-state index in [1.165, 1.54) is 51.2 Å². The molecule has 8 rings (SSSR count). The van der Waals surface area contributed by atoms with Crippen LogP contribution in [0.3, 0.4) is 0 Å². The highest BCUT2D eigenvalue weighted by atomic mass is 16.5. The molecule has 1 saturated carbocycles. The molecule has 0 N–H and O–H groups in total. The second-order valence-electron chi connectivity index (χ2n) is 12.6. The molecule has 0 amide bonds. The Morgan fingerprint density at radius 2 is 1.69 bits per heavy atom. The molecule has 2 bridgehead atoms. The van der Waals surface area contributed by atoms with E-state index >= 15 is 0 Å². The van der Waals surface area contributed by atoms with Crippen molar-refractivity contribution in [3.05, 3.63) is 69.9 Å². The fourth-order valence-electron chi connectivity index (χ4n) is 7.36. The van der Waals surface area contributed by atoms with Crippen LogP contribution < -0.4 is 9.80 Å². The molecule has 4 aliphatic heterocycles. The highest BCUT2D eigenvalue weighted by molar-refractivity contribution is 5.69. The summed E-state index contributed by atoms with van der Waals surface area (Å²) in [7, 11) is 1.86. The third kappa shape index (κ3) is 4.06. The minimum absolute atomic E-state index is 0.123. The van der Waals surface area contributed by atoms with E-state index in [0.29, 0.717) is 18.2 Å². The second-order valence-corrected chi connectivity index (χ2v) is 12.6. The van der Waals surface area contributed by atoms with Gasteiger partial charge in [-0.1, -0.05) is 37.3 Å². The van der Waals surface area contributed by atoms with Gasteiger partial charge in [0.1, 0.15) is 5.82 Å². The van der Waals surface area contributed by atoms with Crippen molar-refractivity contribution in [1.29, 1.82) is 0 Å². The average molecular weight is 525 g/mol. The molecule has 6 heteroatoms. The number of hydrogen-bond donors (Lipinski definition) is 0. The van der Waals surface area contributed by atoms with E-state index in [1.54, 1.807) is 0 Å². The Hall–Kier alpha value is -2.96. The van der Waals surface area contributed by atoms with Gasteiger partial charge in [-0.2, -0.15) is 0 Å². The lowest BCUT2D eigenvalue weighted by Gasteiger charge is -2.56. The Balaban J connectivity index is 1.30. The van der Waals surface area contributed by atoms with Gasteiger partial charge in [-0.15, -0.1) is 0 Å². The molecule has 204 valence electrons. The molecule has 3 saturated heterocycles. The van der Waals surface area contributed by atoms with E-state index < -0.39 is 0 Å². The van der Waals surface area contributed by atoms with Crippen LogP contribution in [0.1, 0.15) is 59.7 Å². The zero-order valence-corrected chi connectivity index (χ0v) is 24.0. The first-order valence-corrected chi connectivity index (χ1v) is 14.6. The van der Waals surface area contributed by atoms with Crippen molar-refractivity contribution in [1.82, 2.24) is 9.97 Å². The van der Waals surface area contributed by atoms with Gasteiger partial charge in [0.2, 0.25) is 0 Å². The van der Waals surface area contributed by atoms with Crippen LogP contribution >= 0.6 is 0 Å². The summed E-state index contributed by atoms with van der Waals surface area (Å²) in [5.41, 5.74) is 10.3. The summed E-state index contributed by atoms with van der Waals surface area (Å²) in [6, 6.07) is 14.5. The summed E-state index contributed by atoms with van der Waals surface area (Å²) in [6.07, 6.45) is 4.69. The Morgan fingerprint density at radius 1 is 0.949 bits per heavy atom. The van der Waals surface area contributed by atoms with Gasteiger partial charge in [-0.25, -0.2) is 9.97 Å². The third-order valence-corrected chi connectivity index (χ3v) is 9.81. The number of hydrogen-bond acceptors (Lipinski definition) is 6. The normalized spacial score (nSPS) is 25.1. The van der Waals surface area contributed by atoms with Crippen molar-refractivity contribution in [2.75, 3.05) is 36.7 Å². The summed E-state index contributed by atoms with van der Waals surface area (Å²) < 4.78 is 11.4. The molecule has 6 nitrogen and oxygen atoms in total. The van der Waals surface area contributed by atoms with Crippen LogP contribution in [-0.2, 0) is 27.9 Å². The smallest absolute Gasteiger partial charge is 0.162 e. The molecule has 1 aromatic heterocycles. The maximum absolute atomic E-state index is 5.78. The standard InChI is InChI=1S/C33H40N4O2/c1-20-9-10-23(33(4)18-39-19-33)13-29(20)36-12-11-28-27(17-36)32(37-24-14-25(37)16-26(15-24)38-5)35-31(34-28)30-21(2)7-6-8-22(30)3/h6-10,13,24-26H,11-12,14-19H2,1-5H3/t24-,25+,26+. The van der Waals surface area contributed by atoms with Crippen LogP contribution in [0.15, 0.2) is 36.4 Å². The van der Waals surface area contributed by atoms with E-state index in [-0.39, 0.29) is 5.41 Å². The molecule has 5 heterocycles. The second kappa shape index (κ2) is 9.31. The molecular formula is C33H40N4O2. The number of rotatable bonds is 5. The number of aryl methyl sites for hydroxylation is 3. The molecule has 0 spiro atoms. The fraction of sp³-hybridized carbons (Fsp3) is 0.515. The van der Waals surface area contributed by atoms with Crippen LogP contribution in [0.5, 0.6) is 0 Å². The van der Waals surface area contributed by atoms with E-state index in [9.17, 15) is 0 Å². The number of fused-ring (bicyclic) bond motifs is 3. The molecule has 5 aliphatic rings. The van der Waals surface area contributed by atoms with Crippen LogP contribution in [-0.4, -0.2) is 55.0 Å². The van der Waals surface area contributed by atoms with Gasteiger partial charge in [-0.3, -0.25) is 0 Å². The first kappa shape index (κ1) is 25.0. The zero-order valence-electron chi connectivity index (χ0n) is 24.0. The van der Waals surface area contributed by atoms with Gasteiger partial charge >= 0.3 is 0 Å². The van der Waals surface area contributed by atoms with Gasteiger partial charge in [0.15, 0.2) is 5.82 Å². The highest BCUT2D eigenvalue weighted by Crippen LogP contribution is 2.45. The van der Waals surface area contributed by atoms with Crippen LogP contribution in [0.25, 0.3) is 11.4 Å². The first-order valence-electron chi connectivity index (χ1n) is 14.6. The number of nitrogens with zero attached hydrogens (tertiary/aromatic N) is 4. The Kier molecular flexibility index (Phi) is 5.98. The number of benzene rings is 2. The minimum atomic E-state index is 0.123. The Bertz CT molecular complexity index is 1400. The van der Waals surface area contributed by atoms with Crippen LogP contribution in [0.4, 0.5) is 11.5 Å². The van der Waals surface area contributed by atoms with E-state index in [1.807, 2.05) is 7.11 Å². The van der Waals surface area contributed by atoms with Crippen molar-refractivity contribution in [2.45, 2.75) is 83.5 Å². The predicted molar refractivity (Wildman–Crippen MR) is 156 cm³/mol. The maximum Gasteiger partial charge on any atom is 0.162 e. The lowest BCUT2D eigenvalue weighted by molar-refractivity contribution is -0.0499. The molecule has 0 radical (unpaired) electrons. The van der Waals surface area contributed by atoms with Crippen LogP contribution in [0.2, 0.25) is 0 Å². The topological polar surface area (TPSA) is 50.7 Å². The third-order valence-electron chi connectivity index (χ3n) is 9.81. The summed E-state index contributed by atoms with van der Waals surface area (Å²) in [4.78, 5) is 15.8. The molecular weight excluding hydrogens is 484 g/mol. The van der Waals surface area contributed by atoms with E-state index in [4.69, 9.17) is 19.4 Å². The summed E-state index contributed by atoms with van der Waals surface area (Å²) in [5, 5.41) is 0. The number of anilines is 2. The van der Waals surface area contributed by atoms with E-state index in [0.717, 1.165) is 57.2 Å². The lowest BCUT2D eigenvalue weighted by Crippen LogP contribution is -2.63. The minimum Gasteiger partial charge on any atom is -0.381 e. The van der Waals surface area contributed by atoms with Crippen molar-refractivity contribution >= 4 is 11.5 Å². The lowest BCUT2D eigenvalue weighted by atomic mass is 9.77. The highest BCUT2D eigenvalue weighted by Gasteiger charge is 2.47. The van der Waals surface area contributed by atoms with Gasteiger partial charge in [-0.05, 0) is 68.4 Å². The molecule has 2 aromatic carbocycles. The van der Waals surface area contributed by atoms with Crippen molar-refractivity contribution < 1.29 is 9.47 Å². The van der Waals surface area contributed by atoms with Gasteiger partial charge < -0.3 is 19.3 Å². The predicted octanol–water partition coefficient (Wildman–Crippen LogP) is 5.68. The molecule has 3 atom stereocenters. The van der Waals surface area contributed by atoms with Crippen molar-refractivity contribution in [3.63, 3.8) is 0 Å². The van der Waals surface area contributed by atoms with Gasteiger partial charge in [0.25, 0.3) is 0 Å². The number of ether oxygens (including phenoxy) is 2. The summed E-state index contributed by atoms with van der Waals surface area (Å²) >= 11 is 0. The van der Waals surface area contributed by atoms with Crippen LogP contribution in [0, 0.1) is 20.8 Å². The molecule has 39 heavy (non-hydrogen) atoms. The summed E-state index contributed by atoms with van der Waals surface area (Å²) in [5.74, 6) is 2.04. The largest absolute Gasteiger partial charge is 0.381 e. The van der Waals surface area contributed by atoms with E-state index in [2.05, 4.69) is 73.9 Å². The zero-order chi connectivity index (χ0) is 26.9. The summed E-state index contributed by atoms with van der Waals surface area (Å²) in [6.45, 7) is 12.3. The Morgan fingerprint density at radius 3 is 2.36 bits per heavy atom. The number of methoxy groups -OCH3 is 1. The molecule has 3 aromatic rings. The molecule has 1 aliphatic carbocycles. The molecule has 0 unspecified atom stereocenters. The van der Waals surface area contributed by atoms with Crippen molar-refractivity contribution in [3.8, 4) is 11.4 Å². The molecule has 4 fully saturated rings. The maximum atomic E-state index is 5.78. The monoisotopic (exact) mass is 524 g/mol. The quantitative estimate of drug-likeness (QED) is 0.428. The van der Waals surface area contributed by atoms with Gasteiger partial charge in [0.05, 0.1) is 25.0 Å². The average Bonchev–Trinajstić information content (AvgIpc) is 2.92. The van der Waals surface area contributed by atoms with Crippen molar-refractivity contribution in [2.24, 2.45) is 0 Å². The van der Waals surface area contributed by atoms with Gasteiger partial charge in [0, 0.05) is 60.9 Å². The Labute approximate surface area is 232 Å². The first-order chi connectivity index (χ1) is 18.8. The number of aromatic nitrogens is 2. The fourth-order valence-corrected chi connectivity index (χ4v) is 7.36.